The molecule has 5 nitrogen and oxygen atoms in total. The van der Waals surface area contributed by atoms with E-state index in [4.69, 9.17) is 4.74 Å². The van der Waals surface area contributed by atoms with Crippen LogP contribution in [-0.4, -0.2) is 31.8 Å². The molecule has 178 valence electrons. The summed E-state index contributed by atoms with van der Waals surface area (Å²) in [4.78, 5) is 11.7. The number of ether oxygens (including phenoxy) is 1. The van der Waals surface area contributed by atoms with E-state index in [1.165, 1.54) is 10.4 Å². The second kappa shape index (κ2) is 9.50. The van der Waals surface area contributed by atoms with Crippen molar-refractivity contribution < 1.29 is 26.7 Å². The van der Waals surface area contributed by atoms with Crippen LogP contribution in [0.3, 0.4) is 0 Å². The number of rotatable bonds is 8. The van der Waals surface area contributed by atoms with Crippen LogP contribution in [0.15, 0.2) is 42.5 Å². The van der Waals surface area contributed by atoms with Gasteiger partial charge in [-0.1, -0.05) is 30.3 Å². The maximum atomic E-state index is 15.1. The van der Waals surface area contributed by atoms with Crippen LogP contribution in [0.4, 0.5) is 8.78 Å². The molecule has 0 N–H and O–H groups in total. The van der Waals surface area contributed by atoms with Crippen molar-refractivity contribution in [2.75, 3.05) is 13.2 Å². The average molecular weight is 478 g/mol. The summed E-state index contributed by atoms with van der Waals surface area (Å²) in [6, 6.07) is 11.3. The topological polar surface area (TPSA) is 63.7 Å². The second-order valence-electron chi connectivity index (χ2n) is 8.93. The normalized spacial score (nSPS) is 21.5. The molecule has 2 aromatic carbocycles. The van der Waals surface area contributed by atoms with Crippen LogP contribution in [0.1, 0.15) is 67.4 Å². The molecule has 0 bridgehead atoms. The number of hydrogen-bond acceptors (Lipinski definition) is 4. The Morgan fingerprint density at radius 2 is 1.88 bits per heavy atom. The SMILES string of the molecule is CCOC(=O)CCC1(c2cc(F)c(CN3CCC[C@H](c4ccccc4)S3(=O)=O)cc2F)CC1. The van der Waals surface area contributed by atoms with E-state index in [-0.39, 0.29) is 43.2 Å². The number of esters is 1. The number of carbonyl (C=O) groups excluding carboxylic acids is 1. The fraction of sp³-hybridized carbons (Fsp3) is 0.480. The van der Waals surface area contributed by atoms with Crippen molar-refractivity contribution in [2.45, 2.75) is 62.7 Å². The van der Waals surface area contributed by atoms with Crippen LogP contribution >= 0.6 is 0 Å². The molecule has 2 aliphatic rings. The van der Waals surface area contributed by atoms with E-state index in [0.29, 0.717) is 37.7 Å². The molecular formula is C25H29F2NO4S. The minimum absolute atomic E-state index is 0.0229. The lowest BCUT2D eigenvalue weighted by atomic mass is 9.89. The molecule has 0 amide bonds. The molecule has 1 saturated heterocycles. The molecule has 2 aromatic rings. The summed E-state index contributed by atoms with van der Waals surface area (Å²) < 4.78 is 62.8. The first-order valence-corrected chi connectivity index (χ1v) is 12.9. The quantitative estimate of drug-likeness (QED) is 0.502. The van der Waals surface area contributed by atoms with E-state index in [1.807, 2.05) is 6.07 Å². The summed E-state index contributed by atoms with van der Waals surface area (Å²) in [5, 5.41) is -0.683. The molecule has 0 aromatic heterocycles. The smallest absolute Gasteiger partial charge is 0.305 e. The number of halogens is 2. The van der Waals surface area contributed by atoms with Gasteiger partial charge in [-0.3, -0.25) is 4.79 Å². The number of sulfonamides is 1. The van der Waals surface area contributed by atoms with Gasteiger partial charge in [0.1, 0.15) is 16.9 Å². The molecule has 2 fully saturated rings. The molecule has 1 aliphatic carbocycles. The van der Waals surface area contributed by atoms with Crippen molar-refractivity contribution in [1.29, 1.82) is 0 Å². The van der Waals surface area contributed by atoms with Crippen LogP contribution in [0.25, 0.3) is 0 Å². The Hall–Kier alpha value is -2.32. The Morgan fingerprint density at radius 1 is 1.15 bits per heavy atom. The van der Waals surface area contributed by atoms with Crippen LogP contribution in [0, 0.1) is 11.6 Å². The van der Waals surface area contributed by atoms with Crippen LogP contribution in [-0.2, 0) is 31.5 Å². The summed E-state index contributed by atoms with van der Waals surface area (Å²) in [5.74, 6) is -1.52. The number of nitrogens with zero attached hydrogens (tertiary/aromatic N) is 1. The minimum atomic E-state index is -3.70. The highest BCUT2D eigenvalue weighted by atomic mass is 32.2. The summed E-state index contributed by atoms with van der Waals surface area (Å²) >= 11 is 0. The zero-order valence-electron chi connectivity index (χ0n) is 18.7. The zero-order valence-corrected chi connectivity index (χ0v) is 19.5. The summed E-state index contributed by atoms with van der Waals surface area (Å²) in [6.45, 7) is 2.08. The standard InChI is InChI=1S/C25H29F2NO4S/c1-2-32-24(29)10-11-25(12-13-25)20-16-21(26)19(15-22(20)27)17-28-14-6-9-23(33(28,30)31)18-7-4-3-5-8-18/h3-5,7-8,15-16,23H,2,6,9-14,17H2,1H3/t23-/m1/s1. The number of carbonyl (C=O) groups is 1. The molecule has 0 radical (unpaired) electrons. The maximum Gasteiger partial charge on any atom is 0.305 e. The maximum absolute atomic E-state index is 15.1. The van der Waals surface area contributed by atoms with E-state index >= 15 is 8.78 Å². The van der Waals surface area contributed by atoms with Gasteiger partial charge < -0.3 is 4.74 Å². The van der Waals surface area contributed by atoms with E-state index in [2.05, 4.69) is 0 Å². The summed E-state index contributed by atoms with van der Waals surface area (Å²) in [5.41, 5.74) is 0.444. The first-order valence-electron chi connectivity index (χ1n) is 11.4. The largest absolute Gasteiger partial charge is 0.466 e. The monoisotopic (exact) mass is 477 g/mol. The van der Waals surface area contributed by atoms with Gasteiger partial charge in [0.15, 0.2) is 0 Å². The van der Waals surface area contributed by atoms with E-state index < -0.39 is 32.3 Å². The Balaban J connectivity index is 1.52. The number of benzene rings is 2. The zero-order chi connectivity index (χ0) is 23.6. The van der Waals surface area contributed by atoms with Crippen molar-refractivity contribution in [3.63, 3.8) is 0 Å². The van der Waals surface area contributed by atoms with E-state index in [0.717, 1.165) is 6.07 Å². The van der Waals surface area contributed by atoms with Gasteiger partial charge in [0.2, 0.25) is 10.0 Å². The van der Waals surface area contributed by atoms with Gasteiger partial charge in [0, 0.05) is 25.1 Å². The van der Waals surface area contributed by atoms with Crippen LogP contribution < -0.4 is 0 Å². The molecular weight excluding hydrogens is 448 g/mol. The summed E-state index contributed by atoms with van der Waals surface area (Å²) in [6.07, 6.45) is 3.08. The fourth-order valence-electron chi connectivity index (χ4n) is 4.77. The van der Waals surface area contributed by atoms with Gasteiger partial charge in [-0.2, -0.15) is 4.31 Å². The lowest BCUT2D eigenvalue weighted by Crippen LogP contribution is -2.39. The highest BCUT2D eigenvalue weighted by Gasteiger charge is 2.46. The van der Waals surface area contributed by atoms with Gasteiger partial charge in [0.25, 0.3) is 0 Å². The molecule has 4 rings (SSSR count). The van der Waals surface area contributed by atoms with Gasteiger partial charge in [-0.25, -0.2) is 17.2 Å². The van der Waals surface area contributed by atoms with E-state index in [1.54, 1.807) is 31.2 Å². The third-order valence-corrected chi connectivity index (χ3v) is 9.04. The van der Waals surface area contributed by atoms with E-state index in [9.17, 15) is 13.2 Å². The van der Waals surface area contributed by atoms with Gasteiger partial charge >= 0.3 is 5.97 Å². The third-order valence-electron chi connectivity index (χ3n) is 6.79. The molecule has 1 heterocycles. The highest BCUT2D eigenvalue weighted by molar-refractivity contribution is 7.89. The van der Waals surface area contributed by atoms with Crippen molar-refractivity contribution >= 4 is 16.0 Å². The molecule has 1 saturated carbocycles. The molecule has 1 atom stereocenters. The van der Waals surface area contributed by atoms with Gasteiger partial charge in [-0.15, -0.1) is 0 Å². The lowest BCUT2D eigenvalue weighted by molar-refractivity contribution is -0.143. The van der Waals surface area contributed by atoms with Crippen molar-refractivity contribution in [2.24, 2.45) is 0 Å². The third kappa shape index (κ3) is 4.96. The molecule has 0 unspecified atom stereocenters. The first-order chi connectivity index (χ1) is 15.8. The van der Waals surface area contributed by atoms with Crippen molar-refractivity contribution in [3.05, 3.63) is 70.8 Å². The van der Waals surface area contributed by atoms with Crippen molar-refractivity contribution in [3.8, 4) is 0 Å². The lowest BCUT2D eigenvalue weighted by Gasteiger charge is -2.32. The van der Waals surface area contributed by atoms with Gasteiger partial charge in [-0.05, 0) is 67.7 Å². The fourth-order valence-corrected chi connectivity index (χ4v) is 6.80. The highest BCUT2D eigenvalue weighted by Crippen LogP contribution is 2.53. The molecule has 0 spiro atoms. The van der Waals surface area contributed by atoms with Crippen LogP contribution in [0.2, 0.25) is 0 Å². The molecule has 33 heavy (non-hydrogen) atoms. The first kappa shape index (κ1) is 23.8. The Kier molecular flexibility index (Phi) is 6.86. The predicted molar refractivity (Wildman–Crippen MR) is 121 cm³/mol. The summed E-state index contributed by atoms with van der Waals surface area (Å²) in [7, 11) is -3.70. The minimum Gasteiger partial charge on any atom is -0.466 e. The predicted octanol–water partition coefficient (Wildman–Crippen LogP) is 5.01. The van der Waals surface area contributed by atoms with Gasteiger partial charge in [0.05, 0.1) is 6.61 Å². The van der Waals surface area contributed by atoms with Crippen molar-refractivity contribution in [1.82, 2.24) is 4.31 Å². The Morgan fingerprint density at radius 3 is 2.55 bits per heavy atom. The Labute approximate surface area is 193 Å². The Bertz CT molecular complexity index is 1120. The average Bonchev–Trinajstić information content (AvgIpc) is 3.57. The number of hydrogen-bond donors (Lipinski definition) is 0. The second-order valence-corrected chi connectivity index (χ2v) is 11.0. The van der Waals surface area contributed by atoms with Crippen LogP contribution in [0.5, 0.6) is 0 Å². The molecule has 8 heteroatoms. The molecule has 1 aliphatic heterocycles.